The van der Waals surface area contributed by atoms with E-state index in [1.165, 1.54) is 43.5 Å². The van der Waals surface area contributed by atoms with Crippen molar-refractivity contribution in [2.75, 3.05) is 18.0 Å². The standard InChI is InChI=1S/C16H14Cl2N2O5S/c1-3-8-19(14-10-12(20(21)22)5-7-15(14)25-2)26(23,24)16-9-11(17)4-6-13(16)18/h3-7,9-10H,1,8H2,2H3. The van der Waals surface area contributed by atoms with Crippen LogP contribution in [-0.4, -0.2) is 27.0 Å². The van der Waals surface area contributed by atoms with Crippen molar-refractivity contribution in [1.82, 2.24) is 0 Å². The number of halogens is 2. The number of nitro groups is 1. The molecule has 7 nitrogen and oxygen atoms in total. The highest BCUT2D eigenvalue weighted by Gasteiger charge is 2.30. The molecule has 0 N–H and O–H groups in total. The number of nitro benzene ring substituents is 1. The van der Waals surface area contributed by atoms with Crippen LogP contribution in [-0.2, 0) is 10.0 Å². The van der Waals surface area contributed by atoms with Crippen LogP contribution in [0.2, 0.25) is 10.0 Å². The molecule has 0 fully saturated rings. The predicted octanol–water partition coefficient (Wildman–Crippen LogP) is 4.29. The fourth-order valence-electron chi connectivity index (χ4n) is 2.22. The van der Waals surface area contributed by atoms with E-state index in [0.29, 0.717) is 0 Å². The number of rotatable bonds is 7. The summed E-state index contributed by atoms with van der Waals surface area (Å²) >= 11 is 11.9. The highest BCUT2D eigenvalue weighted by Crippen LogP contribution is 2.37. The van der Waals surface area contributed by atoms with Gasteiger partial charge < -0.3 is 4.74 Å². The van der Waals surface area contributed by atoms with Crippen molar-refractivity contribution < 1.29 is 18.1 Å². The third-order valence-corrected chi connectivity index (χ3v) is 5.89. The van der Waals surface area contributed by atoms with Crippen LogP contribution in [0.25, 0.3) is 0 Å². The van der Waals surface area contributed by atoms with Crippen LogP contribution in [0.15, 0.2) is 53.9 Å². The van der Waals surface area contributed by atoms with Gasteiger partial charge in [-0.25, -0.2) is 8.42 Å². The van der Waals surface area contributed by atoms with Gasteiger partial charge in [0.1, 0.15) is 16.3 Å². The molecule has 0 heterocycles. The van der Waals surface area contributed by atoms with Crippen LogP contribution >= 0.6 is 23.2 Å². The fraction of sp³-hybridized carbons (Fsp3) is 0.125. The smallest absolute Gasteiger partial charge is 0.271 e. The van der Waals surface area contributed by atoms with E-state index in [-0.39, 0.29) is 38.6 Å². The molecular weight excluding hydrogens is 403 g/mol. The van der Waals surface area contributed by atoms with Crippen molar-refractivity contribution in [2.24, 2.45) is 0 Å². The SMILES string of the molecule is C=CCN(c1cc([N+](=O)[O-])ccc1OC)S(=O)(=O)c1cc(Cl)ccc1Cl. The van der Waals surface area contributed by atoms with E-state index in [0.717, 1.165) is 10.4 Å². The molecule has 0 aliphatic rings. The van der Waals surface area contributed by atoms with Crippen molar-refractivity contribution in [3.8, 4) is 5.75 Å². The molecular formula is C16H14Cl2N2O5S. The zero-order valence-corrected chi connectivity index (χ0v) is 15.9. The molecule has 0 atom stereocenters. The van der Waals surface area contributed by atoms with Crippen LogP contribution in [0.3, 0.4) is 0 Å². The first-order valence-electron chi connectivity index (χ1n) is 7.13. The molecule has 10 heteroatoms. The van der Waals surface area contributed by atoms with Gasteiger partial charge in [0.15, 0.2) is 0 Å². The number of methoxy groups -OCH3 is 1. The predicted molar refractivity (Wildman–Crippen MR) is 101 cm³/mol. The lowest BCUT2D eigenvalue weighted by atomic mass is 10.2. The number of sulfonamides is 1. The molecule has 2 aromatic carbocycles. The van der Waals surface area contributed by atoms with Gasteiger partial charge in [0.2, 0.25) is 0 Å². The second-order valence-corrected chi connectivity index (χ2v) is 7.69. The van der Waals surface area contributed by atoms with Gasteiger partial charge in [0.25, 0.3) is 15.7 Å². The second-order valence-electron chi connectivity index (χ2n) is 5.01. The average Bonchev–Trinajstić information content (AvgIpc) is 2.60. The summed E-state index contributed by atoms with van der Waals surface area (Å²) in [6, 6.07) is 7.66. The van der Waals surface area contributed by atoms with Crippen LogP contribution < -0.4 is 9.04 Å². The third kappa shape index (κ3) is 3.92. The first-order valence-corrected chi connectivity index (χ1v) is 9.33. The molecule has 0 aliphatic heterocycles. The average molecular weight is 417 g/mol. The Morgan fingerprint density at radius 3 is 2.54 bits per heavy atom. The zero-order chi connectivity index (χ0) is 19.5. The zero-order valence-electron chi connectivity index (χ0n) is 13.6. The summed E-state index contributed by atoms with van der Waals surface area (Å²) in [5.41, 5.74) is -0.306. The fourth-order valence-corrected chi connectivity index (χ4v) is 4.40. The third-order valence-electron chi connectivity index (χ3n) is 3.40. The van der Waals surface area contributed by atoms with E-state index in [9.17, 15) is 18.5 Å². The van der Waals surface area contributed by atoms with E-state index < -0.39 is 14.9 Å². The van der Waals surface area contributed by atoms with Gasteiger partial charge in [-0.3, -0.25) is 14.4 Å². The largest absolute Gasteiger partial charge is 0.495 e. The van der Waals surface area contributed by atoms with Crippen LogP contribution in [0.1, 0.15) is 0 Å². The maximum absolute atomic E-state index is 13.2. The number of hydrogen-bond donors (Lipinski definition) is 0. The monoisotopic (exact) mass is 416 g/mol. The molecule has 0 spiro atoms. The second kappa shape index (κ2) is 7.94. The van der Waals surface area contributed by atoms with Crippen molar-refractivity contribution in [3.63, 3.8) is 0 Å². The van der Waals surface area contributed by atoms with E-state index in [2.05, 4.69) is 6.58 Å². The van der Waals surface area contributed by atoms with E-state index in [1.807, 2.05) is 0 Å². The molecule has 2 rings (SSSR count). The molecule has 0 aliphatic carbocycles. The minimum absolute atomic E-state index is 0.0161. The van der Waals surface area contributed by atoms with Crippen molar-refractivity contribution in [2.45, 2.75) is 4.90 Å². The molecule has 26 heavy (non-hydrogen) atoms. The normalized spacial score (nSPS) is 11.0. The van der Waals surface area contributed by atoms with E-state index >= 15 is 0 Å². The number of nitrogens with zero attached hydrogens (tertiary/aromatic N) is 2. The molecule has 0 radical (unpaired) electrons. The quantitative estimate of drug-likeness (QED) is 0.381. The van der Waals surface area contributed by atoms with E-state index in [1.54, 1.807) is 0 Å². The molecule has 2 aromatic rings. The Kier molecular flexibility index (Phi) is 6.12. The Morgan fingerprint density at radius 1 is 1.27 bits per heavy atom. The van der Waals surface area contributed by atoms with Gasteiger partial charge in [0.05, 0.1) is 23.6 Å². The number of hydrogen-bond acceptors (Lipinski definition) is 5. The maximum atomic E-state index is 13.2. The van der Waals surface area contributed by atoms with Crippen LogP contribution in [0.4, 0.5) is 11.4 Å². The molecule has 0 saturated heterocycles. The molecule has 0 aromatic heterocycles. The Morgan fingerprint density at radius 2 is 1.96 bits per heavy atom. The minimum atomic E-state index is -4.20. The Bertz CT molecular complexity index is 963. The first kappa shape index (κ1) is 20.0. The number of ether oxygens (including phenoxy) is 1. The van der Waals surface area contributed by atoms with Gasteiger partial charge in [-0.05, 0) is 24.3 Å². The summed E-state index contributed by atoms with van der Waals surface area (Å²) in [5, 5.41) is 11.2. The summed E-state index contributed by atoms with van der Waals surface area (Å²) in [4.78, 5) is 10.2. The summed E-state index contributed by atoms with van der Waals surface area (Å²) in [6.45, 7) is 3.38. The first-order chi connectivity index (χ1) is 12.2. The highest BCUT2D eigenvalue weighted by atomic mass is 35.5. The van der Waals surface area contributed by atoms with Gasteiger partial charge >= 0.3 is 0 Å². The molecule has 0 bridgehead atoms. The molecule has 0 saturated carbocycles. The maximum Gasteiger partial charge on any atom is 0.271 e. The van der Waals surface area contributed by atoms with E-state index in [4.69, 9.17) is 27.9 Å². The molecule has 138 valence electrons. The van der Waals surface area contributed by atoms with Crippen molar-refractivity contribution >= 4 is 44.6 Å². The molecule has 0 amide bonds. The Labute approximate surface area is 160 Å². The van der Waals surface area contributed by atoms with Crippen LogP contribution in [0.5, 0.6) is 5.75 Å². The summed E-state index contributed by atoms with van der Waals surface area (Å²) < 4.78 is 32.4. The summed E-state index contributed by atoms with van der Waals surface area (Å²) in [5.74, 6) is 0.138. The Balaban J connectivity index is 2.73. The number of non-ortho nitro benzene ring substituents is 1. The van der Waals surface area contributed by atoms with Gasteiger partial charge in [-0.2, -0.15) is 0 Å². The van der Waals surface area contributed by atoms with Crippen molar-refractivity contribution in [1.29, 1.82) is 0 Å². The highest BCUT2D eigenvalue weighted by molar-refractivity contribution is 7.93. The van der Waals surface area contributed by atoms with Gasteiger partial charge in [-0.1, -0.05) is 29.3 Å². The summed E-state index contributed by atoms with van der Waals surface area (Å²) in [7, 11) is -2.87. The minimum Gasteiger partial charge on any atom is -0.495 e. The number of benzene rings is 2. The lowest BCUT2D eigenvalue weighted by Gasteiger charge is -2.25. The van der Waals surface area contributed by atoms with Crippen LogP contribution in [0, 0.1) is 10.1 Å². The Hall–Kier alpha value is -2.29. The van der Waals surface area contributed by atoms with Gasteiger partial charge in [-0.15, -0.1) is 6.58 Å². The van der Waals surface area contributed by atoms with Gasteiger partial charge in [0, 0.05) is 17.2 Å². The topological polar surface area (TPSA) is 89.8 Å². The number of anilines is 1. The molecule has 0 unspecified atom stereocenters. The lowest BCUT2D eigenvalue weighted by Crippen LogP contribution is -2.31. The van der Waals surface area contributed by atoms with Crippen molar-refractivity contribution in [3.05, 3.63) is 69.2 Å². The summed E-state index contributed by atoms with van der Waals surface area (Å²) in [6.07, 6.45) is 1.34. The lowest BCUT2D eigenvalue weighted by molar-refractivity contribution is -0.384.